The summed E-state index contributed by atoms with van der Waals surface area (Å²) in [7, 11) is 0.448. The van der Waals surface area contributed by atoms with Gasteiger partial charge in [0.15, 0.2) is 0 Å². The van der Waals surface area contributed by atoms with Gasteiger partial charge in [-0.05, 0) is 25.3 Å². The zero-order chi connectivity index (χ0) is 12.4. The van der Waals surface area contributed by atoms with Gasteiger partial charge in [0.25, 0.3) is 0 Å². The molecule has 94 valence electrons. The van der Waals surface area contributed by atoms with Crippen LogP contribution in [0.25, 0.3) is 0 Å². The molecule has 0 saturated carbocycles. The first-order valence-corrected chi connectivity index (χ1v) is 6.86. The van der Waals surface area contributed by atoms with Crippen molar-refractivity contribution in [1.82, 2.24) is 0 Å². The molecule has 1 aliphatic rings. The number of hydrogen-bond donors (Lipinski definition) is 1. The third kappa shape index (κ3) is 4.53. The number of aliphatic hydroxyl groups is 1. The van der Waals surface area contributed by atoms with E-state index in [0.717, 1.165) is 6.42 Å². The predicted molar refractivity (Wildman–Crippen MR) is 65.6 cm³/mol. The summed E-state index contributed by atoms with van der Waals surface area (Å²) in [4.78, 5) is 0. The highest BCUT2D eigenvalue weighted by Crippen LogP contribution is 2.29. The normalized spacial score (nSPS) is 28.1. The molecule has 1 aliphatic heterocycles. The standard InChI is InChI=1S/C12H24O3Si/c1-11(2,3)16-15-12(4,5)10-8-9(13)6-7-14-10/h9-10,13H,6-8H2,1-5H3. The van der Waals surface area contributed by atoms with Gasteiger partial charge in [-0.1, -0.05) is 20.8 Å². The molecule has 3 nitrogen and oxygen atoms in total. The Morgan fingerprint density at radius 1 is 1.25 bits per heavy atom. The Morgan fingerprint density at radius 3 is 2.38 bits per heavy atom. The minimum Gasteiger partial charge on any atom is -0.409 e. The van der Waals surface area contributed by atoms with Crippen molar-refractivity contribution in [3.63, 3.8) is 0 Å². The Hall–Kier alpha value is 0.0969. The third-order valence-corrected chi connectivity index (χ3v) is 3.89. The lowest BCUT2D eigenvalue weighted by Gasteiger charge is -2.39. The minimum atomic E-state index is -0.312. The van der Waals surface area contributed by atoms with Crippen LogP contribution < -0.4 is 0 Å². The first kappa shape index (κ1) is 14.2. The number of aliphatic hydroxyl groups excluding tert-OH is 1. The van der Waals surface area contributed by atoms with Crippen LogP contribution in [0.3, 0.4) is 0 Å². The molecule has 1 N–H and O–H groups in total. The molecule has 0 bridgehead atoms. The summed E-state index contributed by atoms with van der Waals surface area (Å²) in [5, 5.41) is 9.82. The summed E-state index contributed by atoms with van der Waals surface area (Å²) in [6.45, 7) is 11.2. The van der Waals surface area contributed by atoms with Gasteiger partial charge in [0.1, 0.15) is 0 Å². The summed E-state index contributed by atoms with van der Waals surface area (Å²) in [6, 6.07) is 0. The smallest absolute Gasteiger partial charge is 0.236 e. The monoisotopic (exact) mass is 244 g/mol. The Morgan fingerprint density at radius 2 is 1.88 bits per heavy atom. The van der Waals surface area contributed by atoms with E-state index in [9.17, 15) is 5.11 Å². The third-order valence-electron chi connectivity index (χ3n) is 2.65. The first-order valence-electron chi connectivity index (χ1n) is 5.95. The molecule has 2 unspecified atom stereocenters. The summed E-state index contributed by atoms with van der Waals surface area (Å²) in [5.41, 5.74) is -0.312. The molecule has 2 radical (unpaired) electrons. The molecular weight excluding hydrogens is 220 g/mol. The first-order chi connectivity index (χ1) is 7.21. The van der Waals surface area contributed by atoms with Gasteiger partial charge < -0.3 is 14.3 Å². The highest BCUT2D eigenvalue weighted by Gasteiger charge is 2.36. The molecule has 0 aromatic heterocycles. The molecule has 0 aliphatic carbocycles. The molecule has 0 spiro atoms. The van der Waals surface area contributed by atoms with Crippen LogP contribution in [0.4, 0.5) is 0 Å². The molecule has 0 aromatic carbocycles. The van der Waals surface area contributed by atoms with Gasteiger partial charge in [-0.15, -0.1) is 0 Å². The van der Waals surface area contributed by atoms with E-state index in [1.165, 1.54) is 0 Å². The summed E-state index contributed by atoms with van der Waals surface area (Å²) >= 11 is 0. The Balaban J connectivity index is 2.48. The summed E-state index contributed by atoms with van der Waals surface area (Å²) in [6.07, 6.45) is 1.20. The van der Waals surface area contributed by atoms with Gasteiger partial charge in [-0.3, -0.25) is 0 Å². The van der Waals surface area contributed by atoms with Crippen molar-refractivity contribution >= 4 is 9.76 Å². The van der Waals surface area contributed by atoms with Crippen LogP contribution in [0.15, 0.2) is 0 Å². The van der Waals surface area contributed by atoms with Gasteiger partial charge in [-0.2, -0.15) is 0 Å². The average molecular weight is 244 g/mol. The molecule has 4 heteroatoms. The summed E-state index contributed by atoms with van der Waals surface area (Å²) in [5.74, 6) is 0. The predicted octanol–water partition coefficient (Wildman–Crippen LogP) is 2.16. The van der Waals surface area contributed by atoms with Crippen LogP contribution in [-0.4, -0.2) is 39.3 Å². The van der Waals surface area contributed by atoms with E-state index in [-0.39, 0.29) is 22.8 Å². The van der Waals surface area contributed by atoms with E-state index in [4.69, 9.17) is 9.16 Å². The highest BCUT2D eigenvalue weighted by atomic mass is 28.2. The fourth-order valence-corrected chi connectivity index (χ4v) is 2.31. The fraction of sp³-hybridized carbons (Fsp3) is 1.00. The van der Waals surface area contributed by atoms with Gasteiger partial charge in [0.2, 0.25) is 9.76 Å². The molecule has 1 heterocycles. The lowest BCUT2D eigenvalue weighted by Crippen LogP contribution is -2.47. The van der Waals surface area contributed by atoms with Crippen molar-refractivity contribution in [1.29, 1.82) is 0 Å². The maximum absolute atomic E-state index is 9.64. The van der Waals surface area contributed by atoms with Gasteiger partial charge in [0, 0.05) is 13.0 Å². The zero-order valence-electron chi connectivity index (χ0n) is 11.0. The maximum atomic E-state index is 9.64. The van der Waals surface area contributed by atoms with Crippen LogP contribution in [0.1, 0.15) is 47.5 Å². The van der Waals surface area contributed by atoms with Crippen LogP contribution in [0.5, 0.6) is 0 Å². The molecule has 2 atom stereocenters. The second-order valence-corrected chi connectivity index (χ2v) is 8.00. The molecule has 1 rings (SSSR count). The molecule has 0 aromatic rings. The van der Waals surface area contributed by atoms with Gasteiger partial charge >= 0.3 is 0 Å². The van der Waals surface area contributed by atoms with Crippen LogP contribution in [0, 0.1) is 0 Å². The van der Waals surface area contributed by atoms with E-state index in [1.807, 2.05) is 0 Å². The van der Waals surface area contributed by atoms with E-state index in [2.05, 4.69) is 34.6 Å². The fourth-order valence-electron chi connectivity index (χ4n) is 1.61. The molecule has 1 saturated heterocycles. The Kier molecular flexibility index (Phi) is 4.57. The topological polar surface area (TPSA) is 38.7 Å². The van der Waals surface area contributed by atoms with E-state index in [0.29, 0.717) is 22.8 Å². The number of hydrogen-bond acceptors (Lipinski definition) is 3. The second kappa shape index (κ2) is 5.17. The van der Waals surface area contributed by atoms with Crippen molar-refractivity contribution < 1.29 is 14.3 Å². The Labute approximate surface area is 101 Å². The maximum Gasteiger partial charge on any atom is 0.236 e. The van der Waals surface area contributed by atoms with Gasteiger partial charge in [0.05, 0.1) is 17.8 Å². The molecule has 1 fully saturated rings. The van der Waals surface area contributed by atoms with Crippen LogP contribution in [-0.2, 0) is 9.16 Å². The molecule has 0 amide bonds. The lowest BCUT2D eigenvalue weighted by atomic mass is 9.93. The zero-order valence-corrected chi connectivity index (χ0v) is 12.0. The van der Waals surface area contributed by atoms with Crippen molar-refractivity contribution in [2.45, 2.75) is 70.3 Å². The number of rotatable bonds is 3. The SMILES string of the molecule is CC(C)(C)[Si]OC(C)(C)C1CC(O)CCO1. The Bertz CT molecular complexity index is 223. The van der Waals surface area contributed by atoms with E-state index >= 15 is 0 Å². The summed E-state index contributed by atoms with van der Waals surface area (Å²) < 4.78 is 11.7. The van der Waals surface area contributed by atoms with Crippen molar-refractivity contribution in [3.8, 4) is 0 Å². The molecule has 16 heavy (non-hydrogen) atoms. The average Bonchev–Trinajstić information content (AvgIpc) is 2.14. The van der Waals surface area contributed by atoms with Crippen molar-refractivity contribution in [2.24, 2.45) is 0 Å². The largest absolute Gasteiger partial charge is 0.409 e. The van der Waals surface area contributed by atoms with E-state index < -0.39 is 0 Å². The second-order valence-electron chi connectivity index (χ2n) is 6.10. The molecular formula is C12H24O3Si. The number of ether oxygens (including phenoxy) is 1. The van der Waals surface area contributed by atoms with Crippen LogP contribution in [0.2, 0.25) is 5.04 Å². The van der Waals surface area contributed by atoms with Crippen molar-refractivity contribution in [3.05, 3.63) is 0 Å². The highest BCUT2D eigenvalue weighted by molar-refractivity contribution is 6.31. The minimum absolute atomic E-state index is 0.00565. The van der Waals surface area contributed by atoms with E-state index in [1.54, 1.807) is 0 Å². The quantitative estimate of drug-likeness (QED) is 0.773. The van der Waals surface area contributed by atoms with Gasteiger partial charge in [-0.25, -0.2) is 0 Å². The van der Waals surface area contributed by atoms with Crippen molar-refractivity contribution in [2.75, 3.05) is 6.61 Å². The van der Waals surface area contributed by atoms with Crippen LogP contribution >= 0.6 is 0 Å². The lowest BCUT2D eigenvalue weighted by molar-refractivity contribution is -0.123.